The van der Waals surface area contributed by atoms with Crippen molar-refractivity contribution in [3.8, 4) is 11.6 Å². The molecule has 13 heteroatoms. The Labute approximate surface area is 223 Å². The van der Waals surface area contributed by atoms with E-state index >= 15 is 0 Å². The van der Waals surface area contributed by atoms with Crippen molar-refractivity contribution in [3.63, 3.8) is 0 Å². The Balaban J connectivity index is 1.58. The van der Waals surface area contributed by atoms with Gasteiger partial charge in [-0.25, -0.2) is 10.1 Å². The lowest BCUT2D eigenvalue weighted by Crippen LogP contribution is -2.30. The Bertz CT molecular complexity index is 1370. The Hall–Kier alpha value is -4.45. The highest BCUT2D eigenvalue weighted by atomic mass is 35.5. The van der Waals surface area contributed by atoms with Gasteiger partial charge in [0.15, 0.2) is 6.10 Å². The third kappa shape index (κ3) is 6.85. The number of nitrogens with one attached hydrogen (secondary N) is 2. The smallest absolute Gasteiger partial charge is 0.350 e. The number of halogens is 1. The third-order valence-corrected chi connectivity index (χ3v) is 5.80. The Morgan fingerprint density at radius 2 is 1.84 bits per heavy atom. The zero-order chi connectivity index (χ0) is 28.0. The van der Waals surface area contributed by atoms with Crippen LogP contribution in [-0.2, 0) is 9.59 Å². The van der Waals surface area contributed by atoms with Gasteiger partial charge in [-0.3, -0.25) is 19.7 Å². The number of nitrogens with zero attached hydrogens (tertiary/aromatic N) is 4. The van der Waals surface area contributed by atoms with Gasteiger partial charge in [-0.15, -0.1) is 5.10 Å². The monoisotopic (exact) mass is 542 g/mol. The predicted octanol–water partition coefficient (Wildman–Crippen LogP) is 4.27. The van der Waals surface area contributed by atoms with Crippen molar-refractivity contribution >= 4 is 40.5 Å². The summed E-state index contributed by atoms with van der Waals surface area (Å²) in [4.78, 5) is 35.5. The summed E-state index contributed by atoms with van der Waals surface area (Å²) in [5, 5.41) is 22.5. The van der Waals surface area contributed by atoms with Crippen molar-refractivity contribution in [1.29, 1.82) is 0 Å². The lowest BCUT2D eigenvalue weighted by Gasteiger charge is -2.16. The van der Waals surface area contributed by atoms with Gasteiger partial charge in [0.2, 0.25) is 0 Å². The molecule has 38 heavy (non-hydrogen) atoms. The van der Waals surface area contributed by atoms with E-state index in [4.69, 9.17) is 21.1 Å². The van der Waals surface area contributed by atoms with Crippen LogP contribution in [0.2, 0.25) is 5.02 Å². The van der Waals surface area contributed by atoms with E-state index in [9.17, 15) is 19.7 Å². The zero-order valence-corrected chi connectivity index (χ0v) is 22.1. The molecular formula is C25H27ClN6O6. The van der Waals surface area contributed by atoms with Gasteiger partial charge in [0.25, 0.3) is 11.8 Å². The van der Waals surface area contributed by atoms with Gasteiger partial charge in [0.05, 0.1) is 17.7 Å². The number of aromatic nitrogens is 2. The highest BCUT2D eigenvalue weighted by Crippen LogP contribution is 2.26. The first-order chi connectivity index (χ1) is 18.0. The van der Waals surface area contributed by atoms with Crippen LogP contribution in [0.15, 0.2) is 53.8 Å². The summed E-state index contributed by atoms with van der Waals surface area (Å²) in [7, 11) is 1.26. The van der Waals surface area contributed by atoms with Gasteiger partial charge in [-0.2, -0.15) is 5.10 Å². The summed E-state index contributed by atoms with van der Waals surface area (Å²) in [5.41, 5.74) is 4.67. The number of rotatable bonds is 10. The van der Waals surface area contributed by atoms with E-state index in [0.717, 1.165) is 16.4 Å². The highest BCUT2D eigenvalue weighted by molar-refractivity contribution is 6.30. The number of hydrazone groups is 1. The number of nitro groups is 1. The zero-order valence-electron chi connectivity index (χ0n) is 21.4. The Morgan fingerprint density at radius 3 is 2.42 bits per heavy atom. The van der Waals surface area contributed by atoms with Crippen molar-refractivity contribution < 1.29 is 24.0 Å². The lowest BCUT2D eigenvalue weighted by molar-refractivity contribution is -0.385. The molecule has 0 saturated heterocycles. The molecule has 2 aromatic carbocycles. The average Bonchev–Trinajstić information content (AvgIpc) is 3.33. The summed E-state index contributed by atoms with van der Waals surface area (Å²) < 4.78 is 11.8. The standard InChI is InChI=1S/C25H27ClN6O6/c1-14-12-19(26)8-11-22(14)38-17(4)24(34)27-20-9-6-18(7-10-20)15(2)28-29-23(33)16(3)31-13-21(32(35)36)25(30-31)37-5/h6-13,16-17H,1-5H3,(H,27,34)(H,29,33)/t16-,17-/m1/s1. The van der Waals surface area contributed by atoms with Gasteiger partial charge >= 0.3 is 11.6 Å². The fourth-order valence-electron chi connectivity index (χ4n) is 3.28. The second-order valence-corrected chi connectivity index (χ2v) is 8.78. The number of carbonyl (C=O) groups excluding carboxylic acids is 2. The van der Waals surface area contributed by atoms with Gasteiger partial charge < -0.3 is 14.8 Å². The number of ether oxygens (including phenoxy) is 2. The molecule has 2 atom stereocenters. The molecule has 1 aromatic heterocycles. The normalized spacial score (nSPS) is 12.8. The largest absolute Gasteiger partial charge is 0.481 e. The molecular weight excluding hydrogens is 516 g/mol. The predicted molar refractivity (Wildman–Crippen MR) is 142 cm³/mol. The van der Waals surface area contributed by atoms with Crippen LogP contribution in [0.25, 0.3) is 0 Å². The van der Waals surface area contributed by atoms with E-state index in [0.29, 0.717) is 27.7 Å². The Kier molecular flexibility index (Phi) is 9.02. The number of benzene rings is 2. The Morgan fingerprint density at radius 1 is 1.16 bits per heavy atom. The molecule has 2 N–H and O–H groups in total. The number of methoxy groups -OCH3 is 1. The van der Waals surface area contributed by atoms with E-state index in [1.54, 1.807) is 56.3 Å². The van der Waals surface area contributed by atoms with Crippen LogP contribution in [0.4, 0.5) is 11.4 Å². The fourth-order valence-corrected chi connectivity index (χ4v) is 3.51. The maximum atomic E-state index is 12.6. The van der Waals surface area contributed by atoms with Crippen LogP contribution in [-0.4, -0.2) is 45.4 Å². The minimum Gasteiger partial charge on any atom is -0.481 e. The first-order valence-corrected chi connectivity index (χ1v) is 11.8. The number of anilines is 1. The van der Waals surface area contributed by atoms with E-state index < -0.39 is 23.0 Å². The van der Waals surface area contributed by atoms with Crippen molar-refractivity contribution in [1.82, 2.24) is 15.2 Å². The van der Waals surface area contributed by atoms with Gasteiger partial charge in [-0.1, -0.05) is 23.7 Å². The van der Waals surface area contributed by atoms with Gasteiger partial charge in [0, 0.05) is 10.7 Å². The van der Waals surface area contributed by atoms with Crippen LogP contribution < -0.4 is 20.2 Å². The van der Waals surface area contributed by atoms with Crippen molar-refractivity contribution in [2.24, 2.45) is 5.10 Å². The molecule has 1 heterocycles. The van der Waals surface area contributed by atoms with E-state index in [-0.39, 0.29) is 17.5 Å². The number of hydrogen-bond acceptors (Lipinski definition) is 8. The molecule has 0 radical (unpaired) electrons. The van der Waals surface area contributed by atoms with Crippen LogP contribution in [0, 0.1) is 17.0 Å². The second-order valence-electron chi connectivity index (χ2n) is 8.35. The molecule has 0 bridgehead atoms. The molecule has 0 spiro atoms. The van der Waals surface area contributed by atoms with Crippen LogP contribution in [0.5, 0.6) is 11.6 Å². The second kappa shape index (κ2) is 12.2. The highest BCUT2D eigenvalue weighted by Gasteiger charge is 2.25. The van der Waals surface area contributed by atoms with E-state index in [2.05, 4.69) is 20.9 Å². The molecule has 3 rings (SSSR count). The number of carbonyl (C=O) groups is 2. The van der Waals surface area contributed by atoms with Crippen LogP contribution >= 0.6 is 11.6 Å². The quantitative estimate of drug-likeness (QED) is 0.220. The topological polar surface area (TPSA) is 150 Å². The minimum absolute atomic E-state index is 0.192. The van der Waals surface area contributed by atoms with Crippen LogP contribution in [0.3, 0.4) is 0 Å². The van der Waals surface area contributed by atoms with E-state index in [1.165, 1.54) is 14.0 Å². The average molecular weight is 543 g/mol. The third-order valence-electron chi connectivity index (χ3n) is 5.56. The van der Waals surface area contributed by atoms with E-state index in [1.807, 2.05) is 6.92 Å². The number of aryl methyl sites for hydroxylation is 1. The summed E-state index contributed by atoms with van der Waals surface area (Å²) in [5.74, 6) is -0.476. The van der Waals surface area contributed by atoms with Gasteiger partial charge in [-0.05, 0) is 69.2 Å². The maximum Gasteiger partial charge on any atom is 0.350 e. The number of amides is 2. The summed E-state index contributed by atoms with van der Waals surface area (Å²) >= 11 is 5.96. The molecule has 0 fully saturated rings. The van der Waals surface area contributed by atoms with Gasteiger partial charge in [0.1, 0.15) is 18.0 Å². The molecule has 200 valence electrons. The first-order valence-electron chi connectivity index (χ1n) is 11.5. The summed E-state index contributed by atoms with van der Waals surface area (Å²) in [6, 6.07) is 11.2. The number of hydrogen-bond donors (Lipinski definition) is 2. The maximum absolute atomic E-state index is 12.6. The van der Waals surface area contributed by atoms with Crippen molar-refractivity contribution in [2.75, 3.05) is 12.4 Å². The molecule has 2 amide bonds. The molecule has 0 saturated carbocycles. The summed E-state index contributed by atoms with van der Waals surface area (Å²) in [6.45, 7) is 6.71. The fraction of sp³-hybridized carbons (Fsp3) is 0.280. The molecule has 0 aliphatic heterocycles. The minimum atomic E-state index is -0.882. The van der Waals surface area contributed by atoms with Crippen molar-refractivity contribution in [2.45, 2.75) is 39.8 Å². The first kappa shape index (κ1) is 28.1. The molecule has 0 aliphatic rings. The molecule has 3 aromatic rings. The SMILES string of the molecule is COc1nn([C@H](C)C(=O)NN=C(C)c2ccc(NC(=O)[C@@H](C)Oc3ccc(Cl)cc3C)cc2)cc1[N+](=O)[O-]. The van der Waals surface area contributed by atoms with Crippen molar-refractivity contribution in [3.05, 3.63) is 74.9 Å². The lowest BCUT2D eigenvalue weighted by atomic mass is 10.1. The molecule has 0 unspecified atom stereocenters. The molecule has 12 nitrogen and oxygen atoms in total. The van der Waals surface area contributed by atoms with Crippen LogP contribution in [0.1, 0.15) is 37.9 Å². The summed E-state index contributed by atoms with van der Waals surface area (Å²) in [6.07, 6.45) is 0.376. The molecule has 0 aliphatic carbocycles.